The van der Waals surface area contributed by atoms with E-state index in [-0.39, 0.29) is 6.03 Å². The van der Waals surface area contributed by atoms with E-state index < -0.39 is 0 Å². The molecule has 0 aliphatic carbocycles. The van der Waals surface area contributed by atoms with Crippen LogP contribution in [0, 0.1) is 0 Å². The van der Waals surface area contributed by atoms with Gasteiger partial charge in [0.2, 0.25) is 0 Å². The van der Waals surface area contributed by atoms with Crippen LogP contribution in [0.5, 0.6) is 5.75 Å². The quantitative estimate of drug-likeness (QED) is 0.894. The van der Waals surface area contributed by atoms with Gasteiger partial charge < -0.3 is 15.4 Å². The molecule has 2 rings (SSSR count). The van der Waals surface area contributed by atoms with E-state index >= 15 is 0 Å². The fourth-order valence-electron chi connectivity index (χ4n) is 1.53. The van der Waals surface area contributed by atoms with Gasteiger partial charge in [0.05, 0.1) is 7.11 Å². The number of hydrogen-bond acceptors (Lipinski definition) is 2. The van der Waals surface area contributed by atoms with Gasteiger partial charge in [0.1, 0.15) is 5.75 Å². The molecule has 0 atom stereocenters. The first kappa shape index (κ1) is 13.4. The summed E-state index contributed by atoms with van der Waals surface area (Å²) < 4.78 is 6.06. The van der Waals surface area contributed by atoms with Crippen LogP contribution in [0.3, 0.4) is 0 Å². The number of amides is 2. The van der Waals surface area contributed by atoms with Crippen LogP contribution in [-0.4, -0.2) is 13.1 Å². The minimum atomic E-state index is -0.296. The third-order valence-electron chi connectivity index (χ3n) is 2.43. The summed E-state index contributed by atoms with van der Waals surface area (Å²) in [5, 5.41) is 5.48. The van der Waals surface area contributed by atoms with E-state index in [0.717, 1.165) is 10.2 Å². The third kappa shape index (κ3) is 3.99. The minimum absolute atomic E-state index is 0.296. The van der Waals surface area contributed by atoms with Crippen LogP contribution in [0.1, 0.15) is 0 Å². The summed E-state index contributed by atoms with van der Waals surface area (Å²) >= 11 is 3.34. The highest BCUT2D eigenvalue weighted by molar-refractivity contribution is 9.10. The lowest BCUT2D eigenvalue weighted by molar-refractivity contribution is 0.262. The van der Waals surface area contributed by atoms with Gasteiger partial charge in [0, 0.05) is 21.9 Å². The first-order chi connectivity index (χ1) is 9.17. The number of rotatable bonds is 3. The molecule has 0 fully saturated rings. The Morgan fingerprint density at radius 1 is 1.05 bits per heavy atom. The first-order valence-electron chi connectivity index (χ1n) is 5.65. The van der Waals surface area contributed by atoms with E-state index in [1.807, 2.05) is 36.4 Å². The number of carbonyl (C=O) groups is 1. The normalized spacial score (nSPS) is 9.79. The topological polar surface area (TPSA) is 50.4 Å². The van der Waals surface area contributed by atoms with Crippen LogP contribution < -0.4 is 15.4 Å². The Bertz CT molecular complexity index is 570. The summed E-state index contributed by atoms with van der Waals surface area (Å²) in [5.41, 5.74) is 1.40. The predicted molar refractivity (Wildman–Crippen MR) is 79.8 cm³/mol. The second kappa shape index (κ2) is 6.24. The lowest BCUT2D eigenvalue weighted by atomic mass is 10.3. The molecule has 98 valence electrons. The zero-order valence-corrected chi connectivity index (χ0v) is 11.9. The van der Waals surface area contributed by atoms with Crippen molar-refractivity contribution in [1.29, 1.82) is 0 Å². The monoisotopic (exact) mass is 320 g/mol. The molecule has 0 saturated carbocycles. The Balaban J connectivity index is 1.99. The Morgan fingerprint density at radius 2 is 1.74 bits per heavy atom. The summed E-state index contributed by atoms with van der Waals surface area (Å²) in [5.74, 6) is 0.696. The maximum absolute atomic E-state index is 11.8. The zero-order chi connectivity index (χ0) is 13.7. The molecule has 0 spiro atoms. The van der Waals surface area contributed by atoms with Crippen LogP contribution in [0.25, 0.3) is 0 Å². The average Bonchev–Trinajstić information content (AvgIpc) is 2.41. The average molecular weight is 321 g/mol. The molecule has 0 aliphatic heterocycles. The number of halogens is 1. The molecule has 2 amide bonds. The van der Waals surface area contributed by atoms with E-state index in [0.29, 0.717) is 11.4 Å². The van der Waals surface area contributed by atoms with Gasteiger partial charge >= 0.3 is 6.03 Å². The fraction of sp³-hybridized carbons (Fsp3) is 0.0714. The third-order valence-corrected chi connectivity index (χ3v) is 2.96. The maximum Gasteiger partial charge on any atom is 0.323 e. The number of nitrogens with one attached hydrogen (secondary N) is 2. The Labute approximate surface area is 119 Å². The SMILES string of the molecule is COc1cccc(NC(=O)Nc2ccc(Br)cc2)c1. The molecule has 19 heavy (non-hydrogen) atoms. The fourth-order valence-corrected chi connectivity index (χ4v) is 1.79. The molecule has 2 aromatic carbocycles. The van der Waals surface area contributed by atoms with Gasteiger partial charge in [0.25, 0.3) is 0 Å². The van der Waals surface area contributed by atoms with Crippen molar-refractivity contribution < 1.29 is 9.53 Å². The molecule has 2 N–H and O–H groups in total. The first-order valence-corrected chi connectivity index (χ1v) is 6.44. The highest BCUT2D eigenvalue weighted by Gasteiger charge is 2.03. The number of ether oxygens (including phenoxy) is 1. The van der Waals surface area contributed by atoms with Gasteiger partial charge in [-0.25, -0.2) is 4.79 Å². The van der Waals surface area contributed by atoms with Crippen molar-refractivity contribution in [3.63, 3.8) is 0 Å². The van der Waals surface area contributed by atoms with E-state index in [1.54, 1.807) is 19.2 Å². The number of anilines is 2. The van der Waals surface area contributed by atoms with Crippen molar-refractivity contribution in [2.45, 2.75) is 0 Å². The Hall–Kier alpha value is -2.01. The Kier molecular flexibility index (Phi) is 4.41. The van der Waals surface area contributed by atoms with Crippen molar-refractivity contribution in [3.8, 4) is 5.75 Å². The van der Waals surface area contributed by atoms with Crippen LogP contribution >= 0.6 is 15.9 Å². The summed E-state index contributed by atoms with van der Waals surface area (Å²) in [6.45, 7) is 0. The molecule has 0 saturated heterocycles. The van der Waals surface area contributed by atoms with Crippen molar-refractivity contribution in [2.75, 3.05) is 17.7 Å². The standard InChI is InChI=1S/C14H13BrN2O2/c1-19-13-4-2-3-12(9-13)17-14(18)16-11-7-5-10(15)6-8-11/h2-9H,1H3,(H2,16,17,18). The maximum atomic E-state index is 11.8. The van der Waals surface area contributed by atoms with Crippen LogP contribution in [0.4, 0.5) is 16.2 Å². The lowest BCUT2D eigenvalue weighted by Crippen LogP contribution is -2.19. The molecule has 2 aromatic rings. The van der Waals surface area contributed by atoms with Crippen molar-refractivity contribution in [1.82, 2.24) is 0 Å². The molecule has 4 nitrogen and oxygen atoms in total. The molecule has 0 aromatic heterocycles. The Morgan fingerprint density at radius 3 is 2.42 bits per heavy atom. The molecule has 0 heterocycles. The predicted octanol–water partition coefficient (Wildman–Crippen LogP) is 4.10. The van der Waals surface area contributed by atoms with Crippen LogP contribution in [0.2, 0.25) is 0 Å². The van der Waals surface area contributed by atoms with Gasteiger partial charge in [-0.2, -0.15) is 0 Å². The van der Waals surface area contributed by atoms with Crippen LogP contribution in [-0.2, 0) is 0 Å². The van der Waals surface area contributed by atoms with Gasteiger partial charge in [-0.3, -0.25) is 0 Å². The van der Waals surface area contributed by atoms with Gasteiger partial charge in [-0.05, 0) is 36.4 Å². The molecule has 0 unspecified atom stereocenters. The summed E-state index contributed by atoms with van der Waals surface area (Å²) in [7, 11) is 1.58. The number of benzene rings is 2. The number of hydrogen-bond donors (Lipinski definition) is 2. The molecule has 0 radical (unpaired) electrons. The number of carbonyl (C=O) groups excluding carboxylic acids is 1. The lowest BCUT2D eigenvalue weighted by Gasteiger charge is -2.08. The second-order valence-electron chi connectivity index (χ2n) is 3.82. The van der Waals surface area contributed by atoms with E-state index in [9.17, 15) is 4.79 Å². The molecular formula is C14H13BrN2O2. The molecule has 5 heteroatoms. The molecular weight excluding hydrogens is 308 g/mol. The highest BCUT2D eigenvalue weighted by Crippen LogP contribution is 2.18. The van der Waals surface area contributed by atoms with E-state index in [4.69, 9.17) is 4.74 Å². The van der Waals surface area contributed by atoms with Crippen LogP contribution in [0.15, 0.2) is 53.0 Å². The van der Waals surface area contributed by atoms with Crippen molar-refractivity contribution >= 4 is 33.3 Å². The molecule has 0 aliphatic rings. The highest BCUT2D eigenvalue weighted by atomic mass is 79.9. The zero-order valence-electron chi connectivity index (χ0n) is 10.3. The summed E-state index contributed by atoms with van der Waals surface area (Å²) in [6.07, 6.45) is 0. The number of methoxy groups -OCH3 is 1. The van der Waals surface area contributed by atoms with Gasteiger partial charge in [-0.15, -0.1) is 0 Å². The second-order valence-corrected chi connectivity index (χ2v) is 4.73. The van der Waals surface area contributed by atoms with Gasteiger partial charge in [0.15, 0.2) is 0 Å². The van der Waals surface area contributed by atoms with Crippen molar-refractivity contribution in [3.05, 3.63) is 53.0 Å². The summed E-state index contributed by atoms with van der Waals surface area (Å²) in [4.78, 5) is 11.8. The van der Waals surface area contributed by atoms with E-state index in [2.05, 4.69) is 26.6 Å². The summed E-state index contributed by atoms with van der Waals surface area (Å²) in [6, 6.07) is 14.2. The largest absolute Gasteiger partial charge is 0.497 e. The molecule has 0 bridgehead atoms. The smallest absolute Gasteiger partial charge is 0.323 e. The van der Waals surface area contributed by atoms with E-state index in [1.165, 1.54) is 0 Å². The van der Waals surface area contributed by atoms with Crippen molar-refractivity contribution in [2.24, 2.45) is 0 Å². The van der Waals surface area contributed by atoms with Gasteiger partial charge in [-0.1, -0.05) is 22.0 Å². The number of urea groups is 1. The minimum Gasteiger partial charge on any atom is -0.497 e.